The molecule has 0 N–H and O–H groups in total. The molecule has 3 aliphatic rings. The van der Waals surface area contributed by atoms with Crippen LogP contribution in [-0.4, -0.2) is 5.78 Å². The molecule has 1 nitrogen and oxygen atoms in total. The summed E-state index contributed by atoms with van der Waals surface area (Å²) in [4.78, 5) is 12.2. The van der Waals surface area contributed by atoms with Crippen molar-refractivity contribution in [2.45, 2.75) is 64.2 Å². The van der Waals surface area contributed by atoms with Crippen LogP contribution in [0.2, 0.25) is 0 Å². The van der Waals surface area contributed by atoms with Crippen molar-refractivity contribution in [2.24, 2.45) is 23.7 Å². The standard InChI is InChI=1S/C15H24O/c16-15(12-4-2-1-3-5-12)10-14-9-11-6-7-13(14)8-11/h11-14H,1-10H2. The molecule has 0 spiro atoms. The van der Waals surface area contributed by atoms with Crippen LogP contribution in [0.1, 0.15) is 64.2 Å². The van der Waals surface area contributed by atoms with Gasteiger partial charge in [0.2, 0.25) is 0 Å². The van der Waals surface area contributed by atoms with Crippen LogP contribution in [0.4, 0.5) is 0 Å². The van der Waals surface area contributed by atoms with E-state index in [0.717, 1.165) is 24.2 Å². The Bertz CT molecular complexity index is 265. The molecule has 0 heterocycles. The first kappa shape index (κ1) is 10.8. The van der Waals surface area contributed by atoms with E-state index in [9.17, 15) is 4.79 Å². The van der Waals surface area contributed by atoms with Crippen molar-refractivity contribution in [2.75, 3.05) is 0 Å². The van der Waals surface area contributed by atoms with Gasteiger partial charge < -0.3 is 0 Å². The normalized spacial score (nSPS) is 39.1. The maximum atomic E-state index is 12.2. The van der Waals surface area contributed by atoms with Gasteiger partial charge in [0, 0.05) is 12.3 Å². The molecule has 90 valence electrons. The number of Topliss-reactive ketones (excluding diaryl/α,β-unsaturated/α-hetero) is 1. The van der Waals surface area contributed by atoms with Crippen molar-refractivity contribution in [3.05, 3.63) is 0 Å². The van der Waals surface area contributed by atoms with Gasteiger partial charge in [-0.25, -0.2) is 0 Å². The highest BCUT2D eigenvalue weighted by Gasteiger charge is 2.40. The highest BCUT2D eigenvalue weighted by molar-refractivity contribution is 5.81. The zero-order valence-corrected chi connectivity index (χ0v) is 10.3. The molecule has 3 atom stereocenters. The van der Waals surface area contributed by atoms with Gasteiger partial charge in [-0.15, -0.1) is 0 Å². The lowest BCUT2D eigenvalue weighted by Gasteiger charge is -2.25. The van der Waals surface area contributed by atoms with Crippen molar-refractivity contribution < 1.29 is 4.79 Å². The van der Waals surface area contributed by atoms with Crippen molar-refractivity contribution in [3.63, 3.8) is 0 Å². The Balaban J connectivity index is 1.52. The largest absolute Gasteiger partial charge is 0.299 e. The molecule has 3 unspecified atom stereocenters. The van der Waals surface area contributed by atoms with Crippen LogP contribution in [0.3, 0.4) is 0 Å². The van der Waals surface area contributed by atoms with E-state index in [1.807, 2.05) is 0 Å². The van der Waals surface area contributed by atoms with Crippen LogP contribution in [0, 0.1) is 23.7 Å². The predicted molar refractivity (Wildman–Crippen MR) is 65.1 cm³/mol. The smallest absolute Gasteiger partial charge is 0.136 e. The Labute approximate surface area is 99.0 Å². The first-order valence-electron chi connectivity index (χ1n) is 7.35. The van der Waals surface area contributed by atoms with E-state index >= 15 is 0 Å². The Hall–Kier alpha value is -0.330. The molecule has 16 heavy (non-hydrogen) atoms. The van der Waals surface area contributed by atoms with Crippen molar-refractivity contribution in [3.8, 4) is 0 Å². The highest BCUT2D eigenvalue weighted by Crippen LogP contribution is 2.50. The quantitative estimate of drug-likeness (QED) is 0.703. The summed E-state index contributed by atoms with van der Waals surface area (Å²) in [6, 6.07) is 0. The lowest BCUT2D eigenvalue weighted by molar-refractivity contribution is -0.125. The minimum absolute atomic E-state index is 0.452. The SMILES string of the molecule is O=C(CC1CC2CCC1C2)C1CCCCC1. The monoisotopic (exact) mass is 220 g/mol. The van der Waals surface area contributed by atoms with Crippen LogP contribution >= 0.6 is 0 Å². The fourth-order valence-electron chi connectivity index (χ4n) is 4.48. The van der Waals surface area contributed by atoms with Crippen molar-refractivity contribution in [1.82, 2.24) is 0 Å². The lowest BCUT2D eigenvalue weighted by Crippen LogP contribution is -2.22. The number of ketones is 1. The van der Waals surface area contributed by atoms with Gasteiger partial charge in [0.25, 0.3) is 0 Å². The third-order valence-electron chi connectivity index (χ3n) is 5.41. The average molecular weight is 220 g/mol. The van der Waals surface area contributed by atoms with E-state index < -0.39 is 0 Å². The number of rotatable bonds is 3. The number of carbonyl (C=O) groups is 1. The average Bonchev–Trinajstić information content (AvgIpc) is 2.92. The van der Waals surface area contributed by atoms with Crippen LogP contribution in [0.25, 0.3) is 0 Å². The summed E-state index contributed by atoms with van der Waals surface area (Å²) in [6.07, 6.45) is 13.0. The second kappa shape index (κ2) is 4.50. The number of fused-ring (bicyclic) bond motifs is 2. The van der Waals surface area contributed by atoms with Crippen LogP contribution in [0.15, 0.2) is 0 Å². The zero-order chi connectivity index (χ0) is 11.0. The summed E-state index contributed by atoms with van der Waals surface area (Å²) in [5, 5.41) is 0. The number of hydrogen-bond acceptors (Lipinski definition) is 1. The van der Waals surface area contributed by atoms with E-state index in [0.29, 0.717) is 11.7 Å². The van der Waals surface area contributed by atoms with Crippen LogP contribution in [0.5, 0.6) is 0 Å². The van der Waals surface area contributed by atoms with Gasteiger partial charge in [0.05, 0.1) is 0 Å². The summed E-state index contributed by atoms with van der Waals surface area (Å²) in [6.45, 7) is 0. The maximum absolute atomic E-state index is 12.2. The van der Waals surface area contributed by atoms with E-state index in [2.05, 4.69) is 0 Å². The minimum atomic E-state index is 0.452. The van der Waals surface area contributed by atoms with Gasteiger partial charge in [0.15, 0.2) is 0 Å². The summed E-state index contributed by atoms with van der Waals surface area (Å²) in [7, 11) is 0. The number of carbonyl (C=O) groups excluding carboxylic acids is 1. The van der Waals surface area contributed by atoms with E-state index in [-0.39, 0.29) is 0 Å². The Morgan fingerprint density at radius 2 is 1.75 bits per heavy atom. The Morgan fingerprint density at radius 3 is 2.38 bits per heavy atom. The topological polar surface area (TPSA) is 17.1 Å². The van der Waals surface area contributed by atoms with Gasteiger partial charge in [-0.3, -0.25) is 4.79 Å². The molecule has 0 saturated heterocycles. The Kier molecular flexibility index (Phi) is 3.04. The summed E-state index contributed by atoms with van der Waals surface area (Å²) in [5.74, 6) is 3.78. The minimum Gasteiger partial charge on any atom is -0.299 e. The second-order valence-electron chi connectivity index (χ2n) is 6.44. The van der Waals surface area contributed by atoms with Crippen molar-refractivity contribution in [1.29, 1.82) is 0 Å². The first-order chi connectivity index (χ1) is 7.83. The zero-order valence-electron chi connectivity index (χ0n) is 10.3. The van der Waals surface area contributed by atoms with Gasteiger partial charge in [-0.2, -0.15) is 0 Å². The second-order valence-corrected chi connectivity index (χ2v) is 6.44. The molecule has 0 aromatic heterocycles. The van der Waals surface area contributed by atoms with Crippen LogP contribution in [-0.2, 0) is 4.79 Å². The highest BCUT2D eigenvalue weighted by atomic mass is 16.1. The van der Waals surface area contributed by atoms with Gasteiger partial charge in [-0.1, -0.05) is 25.7 Å². The molecule has 0 radical (unpaired) electrons. The van der Waals surface area contributed by atoms with Crippen molar-refractivity contribution >= 4 is 5.78 Å². The van der Waals surface area contributed by atoms with Gasteiger partial charge >= 0.3 is 0 Å². The molecule has 3 rings (SSSR count). The van der Waals surface area contributed by atoms with E-state index in [1.54, 1.807) is 0 Å². The Morgan fingerprint density at radius 1 is 0.938 bits per heavy atom. The molecule has 2 bridgehead atoms. The first-order valence-corrected chi connectivity index (χ1v) is 7.35. The predicted octanol–water partition coefficient (Wildman–Crippen LogP) is 3.96. The lowest BCUT2D eigenvalue weighted by atomic mass is 9.79. The third-order valence-corrected chi connectivity index (χ3v) is 5.41. The van der Waals surface area contributed by atoms with E-state index in [4.69, 9.17) is 0 Å². The van der Waals surface area contributed by atoms with Gasteiger partial charge in [-0.05, 0) is 49.9 Å². The molecule has 0 aromatic rings. The fourth-order valence-corrected chi connectivity index (χ4v) is 4.48. The molecule has 0 aliphatic heterocycles. The summed E-state index contributed by atoms with van der Waals surface area (Å²) >= 11 is 0. The van der Waals surface area contributed by atoms with Crippen LogP contribution < -0.4 is 0 Å². The molecule has 3 fully saturated rings. The number of hydrogen-bond donors (Lipinski definition) is 0. The summed E-state index contributed by atoms with van der Waals surface area (Å²) < 4.78 is 0. The molecule has 0 aromatic carbocycles. The third kappa shape index (κ3) is 2.06. The van der Waals surface area contributed by atoms with Gasteiger partial charge in [0.1, 0.15) is 5.78 Å². The molecule has 1 heteroatoms. The molecular formula is C15H24O. The molecule has 0 amide bonds. The molecule has 3 aliphatic carbocycles. The maximum Gasteiger partial charge on any atom is 0.136 e. The molecule has 3 saturated carbocycles. The van der Waals surface area contributed by atoms with E-state index in [1.165, 1.54) is 57.8 Å². The summed E-state index contributed by atoms with van der Waals surface area (Å²) in [5.41, 5.74) is 0. The molecular weight excluding hydrogens is 196 g/mol. The fraction of sp³-hybridized carbons (Fsp3) is 0.933.